The van der Waals surface area contributed by atoms with Crippen LogP contribution in [0.4, 0.5) is 0 Å². The third kappa shape index (κ3) is 3.25. The van der Waals surface area contributed by atoms with Crippen LogP contribution in [0.25, 0.3) is 12.2 Å². The lowest BCUT2D eigenvalue weighted by molar-refractivity contribution is 0.103. The zero-order valence-electron chi connectivity index (χ0n) is 14.1. The number of ketones is 1. The van der Waals surface area contributed by atoms with Crippen LogP contribution in [0.5, 0.6) is 11.5 Å². The van der Waals surface area contributed by atoms with Gasteiger partial charge in [-0.3, -0.25) is 4.79 Å². The van der Waals surface area contributed by atoms with Crippen LogP contribution in [-0.2, 0) is 0 Å². The van der Waals surface area contributed by atoms with E-state index in [4.69, 9.17) is 9.47 Å². The molecule has 0 aliphatic carbocycles. The van der Waals surface area contributed by atoms with Gasteiger partial charge in [0.15, 0.2) is 5.78 Å². The molecule has 0 unspecified atom stereocenters. The normalized spacial score (nSPS) is 15.0. The highest BCUT2D eigenvalue weighted by atomic mass is 16.5. The first-order valence-electron chi connectivity index (χ1n) is 7.87. The first kappa shape index (κ1) is 16.1. The first-order valence-corrected chi connectivity index (χ1v) is 7.87. The van der Waals surface area contributed by atoms with Crippen LogP contribution in [0.15, 0.2) is 54.6 Å². The molecule has 0 spiro atoms. The summed E-state index contributed by atoms with van der Waals surface area (Å²) in [6, 6.07) is 13.4. The molecule has 1 aliphatic heterocycles. The van der Waals surface area contributed by atoms with Gasteiger partial charge in [0.05, 0.1) is 7.11 Å². The fourth-order valence-corrected chi connectivity index (χ4v) is 2.63. The van der Waals surface area contributed by atoms with Gasteiger partial charge in [-0.2, -0.15) is 0 Å². The molecule has 2 aromatic rings. The van der Waals surface area contributed by atoms with Gasteiger partial charge in [-0.15, -0.1) is 0 Å². The highest BCUT2D eigenvalue weighted by Gasteiger charge is 2.28. The fourth-order valence-electron chi connectivity index (χ4n) is 2.63. The quantitative estimate of drug-likeness (QED) is 0.601. The van der Waals surface area contributed by atoms with Crippen LogP contribution in [0, 0.1) is 0 Å². The van der Waals surface area contributed by atoms with Crippen LogP contribution < -0.4 is 9.47 Å². The Morgan fingerprint density at radius 2 is 1.88 bits per heavy atom. The highest BCUT2D eigenvalue weighted by Crippen LogP contribution is 2.39. The van der Waals surface area contributed by atoms with E-state index >= 15 is 0 Å². The maximum Gasteiger partial charge on any atom is 0.193 e. The molecular formula is C21H20O3. The molecule has 0 amide bonds. The molecule has 0 atom stereocenters. The van der Waals surface area contributed by atoms with E-state index in [9.17, 15) is 4.79 Å². The third-order valence-corrected chi connectivity index (χ3v) is 3.87. The molecule has 1 heterocycles. The van der Waals surface area contributed by atoms with Gasteiger partial charge in [-0.25, -0.2) is 0 Å². The number of allylic oxidation sites excluding steroid dienone is 1. The van der Waals surface area contributed by atoms with Crippen molar-refractivity contribution in [3.63, 3.8) is 0 Å². The van der Waals surface area contributed by atoms with Gasteiger partial charge in [0.1, 0.15) is 22.7 Å². The molecule has 0 saturated carbocycles. The summed E-state index contributed by atoms with van der Waals surface area (Å²) in [4.78, 5) is 12.8. The van der Waals surface area contributed by atoms with Crippen molar-refractivity contribution in [3.8, 4) is 11.5 Å². The molecule has 3 nitrogen and oxygen atoms in total. The maximum absolute atomic E-state index is 12.8. The molecule has 0 aromatic heterocycles. The number of benzene rings is 2. The van der Waals surface area contributed by atoms with Crippen molar-refractivity contribution in [1.82, 2.24) is 0 Å². The number of methoxy groups -OCH3 is 1. The van der Waals surface area contributed by atoms with Gasteiger partial charge < -0.3 is 9.47 Å². The standard InChI is InChI=1S/C21H20O3/c1-21(2)14-13-16-10-12-18(23-3)19(20(16)24-21)17(22)11-9-15-7-5-4-6-8-15/h4-14H,1-3H3/b11-9+. The van der Waals surface area contributed by atoms with E-state index in [1.54, 1.807) is 25.3 Å². The second-order valence-corrected chi connectivity index (χ2v) is 6.21. The second kappa shape index (κ2) is 6.36. The Morgan fingerprint density at radius 3 is 2.58 bits per heavy atom. The summed E-state index contributed by atoms with van der Waals surface area (Å²) in [6.07, 6.45) is 7.32. The summed E-state index contributed by atoms with van der Waals surface area (Å²) in [5.41, 5.74) is 1.85. The Morgan fingerprint density at radius 1 is 1.12 bits per heavy atom. The molecule has 3 rings (SSSR count). The van der Waals surface area contributed by atoms with Crippen LogP contribution in [0.2, 0.25) is 0 Å². The number of ether oxygens (including phenoxy) is 2. The largest absolute Gasteiger partial charge is 0.496 e. The Hall–Kier alpha value is -2.81. The van der Waals surface area contributed by atoms with E-state index in [1.807, 2.05) is 62.4 Å². The maximum atomic E-state index is 12.8. The SMILES string of the molecule is COc1ccc2c(c1C(=O)/C=C/c1ccccc1)OC(C)(C)C=C2. The summed E-state index contributed by atoms with van der Waals surface area (Å²) in [5, 5.41) is 0. The van der Waals surface area contributed by atoms with Crippen molar-refractivity contribution in [2.75, 3.05) is 7.11 Å². The number of carbonyl (C=O) groups excluding carboxylic acids is 1. The Kier molecular flexibility index (Phi) is 4.26. The summed E-state index contributed by atoms with van der Waals surface area (Å²) in [7, 11) is 1.56. The summed E-state index contributed by atoms with van der Waals surface area (Å²) in [6.45, 7) is 3.92. The third-order valence-electron chi connectivity index (χ3n) is 3.87. The molecule has 3 heteroatoms. The monoisotopic (exact) mass is 320 g/mol. The van der Waals surface area contributed by atoms with E-state index < -0.39 is 5.60 Å². The highest BCUT2D eigenvalue weighted by molar-refractivity contribution is 6.11. The summed E-state index contributed by atoms with van der Waals surface area (Å²) < 4.78 is 11.4. The second-order valence-electron chi connectivity index (χ2n) is 6.21. The summed E-state index contributed by atoms with van der Waals surface area (Å²) in [5.74, 6) is 0.950. The molecule has 1 aliphatic rings. The van der Waals surface area contributed by atoms with E-state index in [0.29, 0.717) is 17.1 Å². The number of carbonyl (C=O) groups is 1. The summed E-state index contributed by atoms with van der Waals surface area (Å²) >= 11 is 0. The van der Waals surface area contributed by atoms with Gasteiger partial charge in [-0.1, -0.05) is 42.5 Å². The first-order chi connectivity index (χ1) is 11.5. The molecule has 0 N–H and O–H groups in total. The van der Waals surface area contributed by atoms with Gasteiger partial charge in [0, 0.05) is 5.56 Å². The van der Waals surface area contributed by atoms with Crippen molar-refractivity contribution in [2.45, 2.75) is 19.4 Å². The molecular weight excluding hydrogens is 300 g/mol. The number of hydrogen-bond donors (Lipinski definition) is 0. The molecule has 0 radical (unpaired) electrons. The zero-order chi connectivity index (χ0) is 17.2. The molecule has 122 valence electrons. The van der Waals surface area contributed by atoms with Crippen molar-refractivity contribution in [1.29, 1.82) is 0 Å². The molecule has 0 bridgehead atoms. The van der Waals surface area contributed by atoms with Crippen LogP contribution in [0.1, 0.15) is 35.3 Å². The Labute approximate surface area is 142 Å². The van der Waals surface area contributed by atoms with Crippen LogP contribution >= 0.6 is 0 Å². The van der Waals surface area contributed by atoms with Gasteiger partial charge in [0.2, 0.25) is 0 Å². The predicted molar refractivity (Wildman–Crippen MR) is 96.5 cm³/mol. The molecule has 24 heavy (non-hydrogen) atoms. The van der Waals surface area contributed by atoms with E-state index in [-0.39, 0.29) is 5.78 Å². The van der Waals surface area contributed by atoms with E-state index in [2.05, 4.69) is 0 Å². The van der Waals surface area contributed by atoms with Gasteiger partial charge in [0.25, 0.3) is 0 Å². The molecule has 2 aromatic carbocycles. The van der Waals surface area contributed by atoms with Gasteiger partial charge in [-0.05, 0) is 43.7 Å². The number of hydrogen-bond acceptors (Lipinski definition) is 3. The lowest BCUT2D eigenvalue weighted by Gasteiger charge is -2.29. The van der Waals surface area contributed by atoms with Crippen LogP contribution in [-0.4, -0.2) is 18.5 Å². The zero-order valence-corrected chi connectivity index (χ0v) is 14.1. The van der Waals surface area contributed by atoms with E-state index in [1.165, 1.54) is 0 Å². The topological polar surface area (TPSA) is 35.5 Å². The predicted octanol–water partition coefficient (Wildman–Crippen LogP) is 4.78. The minimum Gasteiger partial charge on any atom is -0.496 e. The van der Waals surface area contributed by atoms with Crippen LogP contribution in [0.3, 0.4) is 0 Å². The molecule has 0 saturated heterocycles. The minimum absolute atomic E-state index is 0.140. The molecule has 0 fully saturated rings. The Bertz CT molecular complexity index is 814. The number of rotatable bonds is 4. The average Bonchev–Trinajstić information content (AvgIpc) is 2.58. The average molecular weight is 320 g/mol. The number of fused-ring (bicyclic) bond motifs is 1. The lowest BCUT2D eigenvalue weighted by Crippen LogP contribution is -2.28. The van der Waals surface area contributed by atoms with E-state index in [0.717, 1.165) is 11.1 Å². The fraction of sp³-hybridized carbons (Fsp3) is 0.190. The Balaban J connectivity index is 2.02. The van der Waals surface area contributed by atoms with Gasteiger partial charge >= 0.3 is 0 Å². The smallest absolute Gasteiger partial charge is 0.193 e. The van der Waals surface area contributed by atoms with Crippen molar-refractivity contribution in [2.24, 2.45) is 0 Å². The van der Waals surface area contributed by atoms with Crippen molar-refractivity contribution in [3.05, 3.63) is 71.3 Å². The minimum atomic E-state index is -0.461. The van der Waals surface area contributed by atoms with Crippen molar-refractivity contribution < 1.29 is 14.3 Å². The van der Waals surface area contributed by atoms with Crippen molar-refractivity contribution >= 4 is 17.9 Å². The lowest BCUT2D eigenvalue weighted by atomic mass is 9.97.